The van der Waals surface area contributed by atoms with Gasteiger partial charge in [-0.05, 0) is 43.7 Å². The molecule has 0 bridgehead atoms. The first-order valence-corrected chi connectivity index (χ1v) is 7.54. The fourth-order valence-electron chi connectivity index (χ4n) is 1.73. The Hall–Kier alpha value is -0.770. The highest BCUT2D eigenvalue weighted by atomic mass is 79.9. The van der Waals surface area contributed by atoms with Gasteiger partial charge in [0.1, 0.15) is 11.5 Å². The summed E-state index contributed by atoms with van der Waals surface area (Å²) >= 11 is 9.62. The van der Waals surface area contributed by atoms with Crippen LogP contribution in [0.15, 0.2) is 39.2 Å². The second-order valence-electron chi connectivity index (χ2n) is 4.58. The van der Waals surface area contributed by atoms with Crippen LogP contribution >= 0.6 is 27.5 Å². The summed E-state index contributed by atoms with van der Waals surface area (Å²) in [5, 5.41) is 4.09. The third-order valence-corrected chi connectivity index (χ3v) is 3.90. The van der Waals surface area contributed by atoms with E-state index in [9.17, 15) is 0 Å². The fourth-order valence-corrected chi connectivity index (χ4v) is 2.49. The van der Waals surface area contributed by atoms with Crippen LogP contribution < -0.4 is 5.32 Å². The molecule has 1 atom stereocenters. The SMILES string of the molecule is CC[C@H](C)NCc1ccc(-c2ccc(Br)cc2Cl)o1. The van der Waals surface area contributed by atoms with Crippen molar-refractivity contribution in [2.45, 2.75) is 32.9 Å². The molecule has 0 spiro atoms. The fraction of sp³-hybridized carbons (Fsp3) is 0.333. The van der Waals surface area contributed by atoms with Crippen molar-refractivity contribution >= 4 is 27.5 Å². The Labute approximate surface area is 127 Å². The Morgan fingerprint density at radius 1 is 1.32 bits per heavy atom. The van der Waals surface area contributed by atoms with Gasteiger partial charge in [-0.25, -0.2) is 0 Å². The van der Waals surface area contributed by atoms with Crippen LogP contribution in [0, 0.1) is 0 Å². The maximum Gasteiger partial charge on any atom is 0.135 e. The highest BCUT2D eigenvalue weighted by Crippen LogP contribution is 2.31. The molecule has 1 aromatic carbocycles. The summed E-state index contributed by atoms with van der Waals surface area (Å²) in [6.07, 6.45) is 1.10. The molecule has 0 fully saturated rings. The van der Waals surface area contributed by atoms with Crippen molar-refractivity contribution in [3.05, 3.63) is 45.6 Å². The number of furan rings is 1. The zero-order valence-corrected chi connectivity index (χ0v) is 13.4. The van der Waals surface area contributed by atoms with Crippen molar-refractivity contribution in [3.63, 3.8) is 0 Å². The molecule has 1 aromatic heterocycles. The maximum atomic E-state index is 6.22. The monoisotopic (exact) mass is 341 g/mol. The second-order valence-corrected chi connectivity index (χ2v) is 5.90. The first kappa shape index (κ1) is 14.6. The summed E-state index contributed by atoms with van der Waals surface area (Å²) in [6, 6.07) is 10.2. The number of nitrogens with one attached hydrogen (secondary N) is 1. The lowest BCUT2D eigenvalue weighted by Gasteiger charge is -2.09. The molecule has 0 aliphatic rings. The molecule has 2 nitrogen and oxygen atoms in total. The molecule has 0 aliphatic carbocycles. The Kier molecular flexibility index (Phi) is 5.08. The van der Waals surface area contributed by atoms with Gasteiger partial charge in [-0.2, -0.15) is 0 Å². The normalized spacial score (nSPS) is 12.6. The lowest BCUT2D eigenvalue weighted by atomic mass is 10.2. The number of hydrogen-bond acceptors (Lipinski definition) is 2. The predicted octanol–water partition coefficient (Wildman–Crippen LogP) is 5.25. The van der Waals surface area contributed by atoms with Gasteiger partial charge in [0.25, 0.3) is 0 Å². The van der Waals surface area contributed by atoms with Gasteiger partial charge in [0.05, 0.1) is 11.6 Å². The van der Waals surface area contributed by atoms with Gasteiger partial charge in [0, 0.05) is 16.1 Å². The van der Waals surface area contributed by atoms with E-state index in [2.05, 4.69) is 35.1 Å². The highest BCUT2D eigenvalue weighted by molar-refractivity contribution is 9.10. The van der Waals surface area contributed by atoms with E-state index in [-0.39, 0.29) is 0 Å². The lowest BCUT2D eigenvalue weighted by Crippen LogP contribution is -2.24. The maximum absolute atomic E-state index is 6.22. The van der Waals surface area contributed by atoms with Crippen molar-refractivity contribution in [3.8, 4) is 11.3 Å². The summed E-state index contributed by atoms with van der Waals surface area (Å²) < 4.78 is 6.79. The second kappa shape index (κ2) is 6.60. The molecule has 0 saturated carbocycles. The van der Waals surface area contributed by atoms with Crippen LogP contribution in [0.2, 0.25) is 5.02 Å². The van der Waals surface area contributed by atoms with E-state index >= 15 is 0 Å². The van der Waals surface area contributed by atoms with Gasteiger partial charge >= 0.3 is 0 Å². The minimum Gasteiger partial charge on any atom is -0.460 e. The molecular formula is C15H17BrClNO. The molecule has 1 N–H and O–H groups in total. The van der Waals surface area contributed by atoms with Gasteiger partial charge in [0.2, 0.25) is 0 Å². The minimum atomic E-state index is 0.491. The van der Waals surface area contributed by atoms with E-state index in [0.717, 1.165) is 34.5 Å². The van der Waals surface area contributed by atoms with E-state index in [4.69, 9.17) is 16.0 Å². The summed E-state index contributed by atoms with van der Waals surface area (Å²) in [7, 11) is 0. The Morgan fingerprint density at radius 3 is 2.79 bits per heavy atom. The Bertz CT molecular complexity index is 553. The van der Waals surface area contributed by atoms with Crippen molar-refractivity contribution in [1.82, 2.24) is 5.32 Å². The first-order valence-electron chi connectivity index (χ1n) is 6.37. The molecule has 0 amide bonds. The zero-order chi connectivity index (χ0) is 13.8. The van der Waals surface area contributed by atoms with E-state index < -0.39 is 0 Å². The standard InChI is InChI=1S/C15H17BrClNO/c1-3-10(2)18-9-12-5-7-15(19-12)13-6-4-11(16)8-14(13)17/h4-8,10,18H,3,9H2,1-2H3/t10-/m0/s1. The van der Waals surface area contributed by atoms with Crippen LogP contribution in [0.3, 0.4) is 0 Å². The van der Waals surface area contributed by atoms with Gasteiger partial charge < -0.3 is 9.73 Å². The minimum absolute atomic E-state index is 0.491. The van der Waals surface area contributed by atoms with Crippen LogP contribution in [0.1, 0.15) is 26.0 Å². The van der Waals surface area contributed by atoms with Gasteiger partial charge in [-0.15, -0.1) is 0 Å². The van der Waals surface area contributed by atoms with Crippen molar-refractivity contribution in [2.24, 2.45) is 0 Å². The van der Waals surface area contributed by atoms with Crippen LogP contribution in [0.5, 0.6) is 0 Å². The topological polar surface area (TPSA) is 25.2 Å². The van der Waals surface area contributed by atoms with E-state index in [1.165, 1.54) is 0 Å². The molecule has 2 aromatic rings. The third kappa shape index (κ3) is 3.85. The molecule has 0 aliphatic heterocycles. The number of rotatable bonds is 5. The van der Waals surface area contributed by atoms with E-state index in [1.807, 2.05) is 30.3 Å². The van der Waals surface area contributed by atoms with E-state index in [1.54, 1.807) is 0 Å². The molecule has 1 heterocycles. The Balaban J connectivity index is 2.12. The molecule has 19 heavy (non-hydrogen) atoms. The molecular weight excluding hydrogens is 326 g/mol. The number of hydrogen-bond donors (Lipinski definition) is 1. The molecule has 0 saturated heterocycles. The lowest BCUT2D eigenvalue weighted by molar-refractivity contribution is 0.457. The summed E-state index contributed by atoms with van der Waals surface area (Å²) in [6.45, 7) is 5.06. The average molecular weight is 343 g/mol. The predicted molar refractivity (Wildman–Crippen MR) is 83.4 cm³/mol. The van der Waals surface area contributed by atoms with Crippen LogP contribution in [-0.4, -0.2) is 6.04 Å². The van der Waals surface area contributed by atoms with Crippen molar-refractivity contribution < 1.29 is 4.42 Å². The Morgan fingerprint density at radius 2 is 2.11 bits per heavy atom. The molecule has 0 radical (unpaired) electrons. The molecule has 0 unspecified atom stereocenters. The van der Waals surface area contributed by atoms with Crippen molar-refractivity contribution in [1.29, 1.82) is 0 Å². The van der Waals surface area contributed by atoms with Gasteiger partial charge in [-0.3, -0.25) is 0 Å². The smallest absolute Gasteiger partial charge is 0.135 e. The first-order chi connectivity index (χ1) is 9.10. The largest absolute Gasteiger partial charge is 0.460 e. The number of benzene rings is 1. The molecule has 2 rings (SSSR count). The van der Waals surface area contributed by atoms with Gasteiger partial charge in [0.15, 0.2) is 0 Å². The third-order valence-electron chi connectivity index (χ3n) is 3.10. The van der Waals surface area contributed by atoms with Gasteiger partial charge in [-0.1, -0.05) is 34.5 Å². The van der Waals surface area contributed by atoms with E-state index in [0.29, 0.717) is 11.1 Å². The van der Waals surface area contributed by atoms with Crippen molar-refractivity contribution in [2.75, 3.05) is 0 Å². The summed E-state index contributed by atoms with van der Waals surface area (Å²) in [5.74, 6) is 1.73. The van der Waals surface area contributed by atoms with Crippen LogP contribution in [0.25, 0.3) is 11.3 Å². The average Bonchev–Trinajstić information content (AvgIpc) is 2.84. The highest BCUT2D eigenvalue weighted by Gasteiger charge is 2.09. The quantitative estimate of drug-likeness (QED) is 0.802. The van der Waals surface area contributed by atoms with Crippen LogP contribution in [-0.2, 0) is 6.54 Å². The molecule has 4 heteroatoms. The number of halogens is 2. The van der Waals surface area contributed by atoms with Crippen LogP contribution in [0.4, 0.5) is 0 Å². The zero-order valence-electron chi connectivity index (χ0n) is 11.0. The summed E-state index contributed by atoms with van der Waals surface area (Å²) in [4.78, 5) is 0. The molecule has 102 valence electrons. The summed E-state index contributed by atoms with van der Waals surface area (Å²) in [5.41, 5.74) is 0.916.